The topological polar surface area (TPSA) is 46.8 Å². The van der Waals surface area contributed by atoms with Crippen LogP contribution in [0.2, 0.25) is 0 Å². The van der Waals surface area contributed by atoms with Crippen LogP contribution in [0.5, 0.6) is 0 Å². The maximum Gasteiger partial charge on any atom is 0.151 e. The zero-order chi connectivity index (χ0) is 20.0. The lowest BCUT2D eigenvalue weighted by atomic mass is 9.75. The lowest BCUT2D eigenvalue weighted by molar-refractivity contribution is 0.0955. The molecule has 0 amide bonds. The zero-order valence-electron chi connectivity index (χ0n) is 16.4. The van der Waals surface area contributed by atoms with Crippen LogP contribution in [-0.4, -0.2) is 31.7 Å². The average Bonchev–Trinajstić information content (AvgIpc) is 3.12. The standard InChI is InChI=1S/C22H23F2N5/c1-28-12-16-11-17(4-5-19(16)29-14-26-27-20(29)13-28)22(24)8-6-15(7-9-22)21-18(23)3-2-10-25-21/h2-5,10-11,14-15H,6-9,12-13H2,1H3. The van der Waals surface area contributed by atoms with E-state index in [0.29, 0.717) is 43.5 Å². The van der Waals surface area contributed by atoms with Gasteiger partial charge in [-0.3, -0.25) is 14.5 Å². The van der Waals surface area contributed by atoms with Crippen LogP contribution in [0.1, 0.15) is 54.2 Å². The van der Waals surface area contributed by atoms with Crippen molar-refractivity contribution in [3.05, 3.63) is 71.3 Å². The van der Waals surface area contributed by atoms with Crippen molar-refractivity contribution in [1.29, 1.82) is 0 Å². The van der Waals surface area contributed by atoms with Gasteiger partial charge in [0, 0.05) is 18.7 Å². The summed E-state index contributed by atoms with van der Waals surface area (Å²) in [5.74, 6) is 0.570. The fourth-order valence-corrected chi connectivity index (χ4v) is 4.72. The van der Waals surface area contributed by atoms with Crippen LogP contribution < -0.4 is 0 Å². The van der Waals surface area contributed by atoms with Crippen LogP contribution >= 0.6 is 0 Å². The zero-order valence-corrected chi connectivity index (χ0v) is 16.4. The lowest BCUT2D eigenvalue weighted by Gasteiger charge is -2.34. The number of hydrogen-bond donors (Lipinski definition) is 0. The maximum absolute atomic E-state index is 15.9. The third kappa shape index (κ3) is 3.23. The molecule has 0 unspecified atom stereocenters. The summed E-state index contributed by atoms with van der Waals surface area (Å²) in [6.07, 6.45) is 5.26. The van der Waals surface area contributed by atoms with Crippen molar-refractivity contribution in [2.45, 2.75) is 50.4 Å². The van der Waals surface area contributed by atoms with Gasteiger partial charge in [0.1, 0.15) is 17.8 Å². The molecule has 1 saturated carbocycles. The van der Waals surface area contributed by atoms with E-state index in [-0.39, 0.29) is 11.7 Å². The molecule has 0 N–H and O–H groups in total. The number of benzene rings is 1. The SMILES string of the molecule is CN1Cc2cc(C3(F)CCC(c4ncccc4F)CC3)ccc2-n2cnnc2C1. The van der Waals surface area contributed by atoms with Crippen LogP contribution in [0.4, 0.5) is 8.78 Å². The normalized spacial score (nSPS) is 24.6. The van der Waals surface area contributed by atoms with Crippen LogP contribution in [0.25, 0.3) is 5.69 Å². The number of aromatic nitrogens is 4. The Morgan fingerprint density at radius 3 is 2.76 bits per heavy atom. The van der Waals surface area contributed by atoms with E-state index in [9.17, 15) is 4.39 Å². The van der Waals surface area contributed by atoms with Gasteiger partial charge in [0.25, 0.3) is 0 Å². The van der Waals surface area contributed by atoms with Gasteiger partial charge in [-0.15, -0.1) is 10.2 Å². The first-order valence-corrected chi connectivity index (χ1v) is 10.0. The van der Waals surface area contributed by atoms with E-state index in [1.165, 1.54) is 6.07 Å². The van der Waals surface area contributed by atoms with Crippen molar-refractivity contribution >= 4 is 0 Å². The van der Waals surface area contributed by atoms with Crippen LogP contribution in [0.3, 0.4) is 0 Å². The molecule has 1 aliphatic heterocycles. The first kappa shape index (κ1) is 18.4. The molecule has 29 heavy (non-hydrogen) atoms. The van der Waals surface area contributed by atoms with Crippen molar-refractivity contribution < 1.29 is 8.78 Å². The molecule has 1 aliphatic carbocycles. The van der Waals surface area contributed by atoms with E-state index in [1.807, 2.05) is 29.8 Å². The molecule has 7 heteroatoms. The second-order valence-corrected chi connectivity index (χ2v) is 8.24. The summed E-state index contributed by atoms with van der Waals surface area (Å²) < 4.78 is 32.0. The van der Waals surface area contributed by atoms with Gasteiger partial charge in [0.2, 0.25) is 0 Å². The Labute approximate surface area is 168 Å². The summed E-state index contributed by atoms with van der Waals surface area (Å²) in [6, 6.07) is 8.87. The fraction of sp³-hybridized carbons (Fsp3) is 0.409. The first-order valence-electron chi connectivity index (χ1n) is 10.0. The molecule has 2 aliphatic rings. The number of hydrogen-bond acceptors (Lipinski definition) is 4. The Balaban J connectivity index is 1.42. The molecule has 1 fully saturated rings. The van der Waals surface area contributed by atoms with E-state index in [0.717, 1.165) is 23.6 Å². The largest absolute Gasteiger partial charge is 0.295 e. The summed E-state index contributed by atoms with van der Waals surface area (Å²) in [6.45, 7) is 1.42. The third-order valence-corrected chi connectivity index (χ3v) is 6.28. The first-order chi connectivity index (χ1) is 14.0. The minimum atomic E-state index is -1.39. The number of alkyl halides is 1. The molecule has 5 nitrogen and oxygen atoms in total. The molecular weight excluding hydrogens is 372 g/mol. The number of halogens is 2. The molecular formula is C22H23F2N5. The predicted octanol–water partition coefficient (Wildman–Crippen LogP) is 4.27. The van der Waals surface area contributed by atoms with Crippen molar-refractivity contribution in [2.24, 2.45) is 0 Å². The summed E-state index contributed by atoms with van der Waals surface area (Å²) in [5, 5.41) is 8.22. The lowest BCUT2D eigenvalue weighted by Crippen LogP contribution is -2.27. The summed E-state index contributed by atoms with van der Waals surface area (Å²) in [4.78, 5) is 6.35. The number of nitrogens with zero attached hydrogens (tertiary/aromatic N) is 5. The van der Waals surface area contributed by atoms with Gasteiger partial charge in [-0.1, -0.05) is 6.07 Å². The van der Waals surface area contributed by atoms with Gasteiger partial charge in [0.15, 0.2) is 5.82 Å². The number of rotatable bonds is 2. The fourth-order valence-electron chi connectivity index (χ4n) is 4.72. The van der Waals surface area contributed by atoms with Crippen molar-refractivity contribution in [2.75, 3.05) is 7.05 Å². The average molecular weight is 395 g/mol. The van der Waals surface area contributed by atoms with E-state index < -0.39 is 5.67 Å². The third-order valence-electron chi connectivity index (χ3n) is 6.28. The Bertz CT molecular complexity index is 1040. The molecule has 3 aromatic rings. The Kier molecular flexibility index (Phi) is 4.42. The highest BCUT2D eigenvalue weighted by Gasteiger charge is 2.39. The van der Waals surface area contributed by atoms with Gasteiger partial charge in [-0.25, -0.2) is 8.78 Å². The molecule has 0 saturated heterocycles. The highest BCUT2D eigenvalue weighted by Crippen LogP contribution is 2.46. The monoisotopic (exact) mass is 395 g/mol. The minimum absolute atomic E-state index is 0.0217. The van der Waals surface area contributed by atoms with Crippen LogP contribution in [0, 0.1) is 5.82 Å². The summed E-state index contributed by atoms with van der Waals surface area (Å²) in [5.41, 5.74) is 1.86. The van der Waals surface area contributed by atoms with E-state index >= 15 is 4.39 Å². The maximum atomic E-state index is 15.9. The van der Waals surface area contributed by atoms with Gasteiger partial charge in [0.05, 0.1) is 17.9 Å². The van der Waals surface area contributed by atoms with E-state index in [1.54, 1.807) is 18.6 Å². The minimum Gasteiger partial charge on any atom is -0.295 e. The Morgan fingerprint density at radius 2 is 1.97 bits per heavy atom. The van der Waals surface area contributed by atoms with Crippen LogP contribution in [-0.2, 0) is 18.8 Å². The molecule has 0 bridgehead atoms. The second-order valence-electron chi connectivity index (χ2n) is 8.24. The smallest absolute Gasteiger partial charge is 0.151 e. The summed E-state index contributed by atoms with van der Waals surface area (Å²) in [7, 11) is 2.03. The Morgan fingerprint density at radius 1 is 1.14 bits per heavy atom. The quantitative estimate of drug-likeness (QED) is 0.650. The van der Waals surface area contributed by atoms with Crippen LogP contribution in [0.15, 0.2) is 42.9 Å². The highest BCUT2D eigenvalue weighted by molar-refractivity contribution is 5.46. The molecule has 0 atom stereocenters. The van der Waals surface area contributed by atoms with Crippen molar-refractivity contribution in [1.82, 2.24) is 24.6 Å². The van der Waals surface area contributed by atoms with Gasteiger partial charge >= 0.3 is 0 Å². The number of fused-ring (bicyclic) bond motifs is 3. The van der Waals surface area contributed by atoms with Gasteiger partial charge < -0.3 is 0 Å². The molecule has 0 spiro atoms. The molecule has 3 heterocycles. The molecule has 1 aromatic carbocycles. The second kappa shape index (κ2) is 6.99. The summed E-state index contributed by atoms with van der Waals surface area (Å²) >= 11 is 0. The molecule has 0 radical (unpaired) electrons. The highest BCUT2D eigenvalue weighted by atomic mass is 19.1. The predicted molar refractivity (Wildman–Crippen MR) is 105 cm³/mol. The van der Waals surface area contributed by atoms with Gasteiger partial charge in [-0.05, 0) is 68.1 Å². The molecule has 2 aromatic heterocycles. The number of pyridine rings is 1. The van der Waals surface area contributed by atoms with E-state index in [4.69, 9.17) is 0 Å². The van der Waals surface area contributed by atoms with Crippen molar-refractivity contribution in [3.63, 3.8) is 0 Å². The molecule has 5 rings (SSSR count). The Hall–Kier alpha value is -2.67. The molecule has 150 valence electrons. The van der Waals surface area contributed by atoms with Gasteiger partial charge in [-0.2, -0.15) is 0 Å². The van der Waals surface area contributed by atoms with E-state index in [2.05, 4.69) is 20.1 Å². The van der Waals surface area contributed by atoms with Crippen molar-refractivity contribution in [3.8, 4) is 5.69 Å².